The first-order valence-corrected chi connectivity index (χ1v) is 8.18. The smallest absolute Gasteiger partial charge is 0.0701 e. The molecule has 0 radical (unpaired) electrons. The maximum absolute atomic E-state index is 3.51. The lowest BCUT2D eigenvalue weighted by atomic mass is 10.1. The average molecular weight is 317 g/mol. The Kier molecular flexibility index (Phi) is 5.98. The Bertz CT molecular complexity index is 321. The van der Waals surface area contributed by atoms with Crippen LogP contribution in [0.2, 0.25) is 0 Å². The zero-order chi connectivity index (χ0) is 11.9. The fourth-order valence-electron chi connectivity index (χ4n) is 2.28. The van der Waals surface area contributed by atoms with Gasteiger partial charge in [0.1, 0.15) is 0 Å². The van der Waals surface area contributed by atoms with Crippen LogP contribution in [0.4, 0.5) is 0 Å². The first kappa shape index (κ1) is 13.5. The fraction of sp³-hybridized carbons (Fsp3) is 0.692. The third kappa shape index (κ3) is 5.08. The fourth-order valence-corrected chi connectivity index (χ4v) is 3.49. The van der Waals surface area contributed by atoms with E-state index in [1.807, 2.05) is 0 Å². The highest BCUT2D eigenvalue weighted by molar-refractivity contribution is 9.11. The molecule has 17 heavy (non-hydrogen) atoms. The number of piperidine rings is 1. The van der Waals surface area contributed by atoms with Crippen LogP contribution in [0.5, 0.6) is 0 Å². The van der Waals surface area contributed by atoms with Gasteiger partial charge in [0.25, 0.3) is 0 Å². The number of halogens is 1. The largest absolute Gasteiger partial charge is 0.313 e. The molecule has 1 saturated heterocycles. The van der Waals surface area contributed by atoms with Gasteiger partial charge in [0.05, 0.1) is 3.79 Å². The van der Waals surface area contributed by atoms with Gasteiger partial charge in [-0.25, -0.2) is 0 Å². The Morgan fingerprint density at radius 2 is 2.12 bits per heavy atom. The number of nitrogens with one attached hydrogen (secondary N) is 1. The predicted octanol–water partition coefficient (Wildman–Crippen LogP) is 3.48. The van der Waals surface area contributed by atoms with Crippen molar-refractivity contribution < 1.29 is 0 Å². The summed E-state index contributed by atoms with van der Waals surface area (Å²) < 4.78 is 1.22. The van der Waals surface area contributed by atoms with Crippen LogP contribution < -0.4 is 5.32 Å². The molecule has 1 aliphatic rings. The van der Waals surface area contributed by atoms with E-state index in [9.17, 15) is 0 Å². The molecule has 2 nitrogen and oxygen atoms in total. The van der Waals surface area contributed by atoms with Gasteiger partial charge in [-0.05, 0) is 78.4 Å². The van der Waals surface area contributed by atoms with Crippen molar-refractivity contribution in [3.05, 3.63) is 20.8 Å². The van der Waals surface area contributed by atoms with Gasteiger partial charge in [-0.1, -0.05) is 6.42 Å². The van der Waals surface area contributed by atoms with Crippen molar-refractivity contribution in [2.45, 2.75) is 32.2 Å². The number of hydrogen-bond acceptors (Lipinski definition) is 3. The standard InChI is InChI=1S/C13H21BrN2S/c14-13-9-12(11-17-13)10-15-5-4-8-16-6-2-1-3-7-16/h9,11,15H,1-8,10H2. The molecule has 0 spiro atoms. The molecule has 2 heterocycles. The molecular formula is C13H21BrN2S. The molecule has 0 atom stereocenters. The van der Waals surface area contributed by atoms with Crippen molar-refractivity contribution in [3.63, 3.8) is 0 Å². The molecule has 1 aliphatic heterocycles. The highest BCUT2D eigenvalue weighted by atomic mass is 79.9. The molecule has 0 aliphatic carbocycles. The number of nitrogens with zero attached hydrogens (tertiary/aromatic N) is 1. The molecule has 0 aromatic carbocycles. The number of rotatable bonds is 6. The molecule has 0 bridgehead atoms. The molecule has 1 aromatic rings. The Labute approximate surface area is 117 Å². The highest BCUT2D eigenvalue weighted by Crippen LogP contribution is 2.20. The normalized spacial score (nSPS) is 17.5. The van der Waals surface area contributed by atoms with E-state index in [0.717, 1.165) is 13.1 Å². The van der Waals surface area contributed by atoms with Crippen LogP contribution in [0, 0.1) is 0 Å². The third-order valence-corrected chi connectivity index (χ3v) is 4.78. The summed E-state index contributed by atoms with van der Waals surface area (Å²) in [5.41, 5.74) is 1.39. The summed E-state index contributed by atoms with van der Waals surface area (Å²) in [6.45, 7) is 6.03. The van der Waals surface area contributed by atoms with Gasteiger partial charge in [-0.15, -0.1) is 11.3 Å². The second-order valence-corrected chi connectivity index (χ2v) is 6.98. The predicted molar refractivity (Wildman–Crippen MR) is 78.6 cm³/mol. The van der Waals surface area contributed by atoms with E-state index < -0.39 is 0 Å². The topological polar surface area (TPSA) is 15.3 Å². The summed E-state index contributed by atoms with van der Waals surface area (Å²) >= 11 is 5.25. The summed E-state index contributed by atoms with van der Waals surface area (Å²) in [7, 11) is 0. The Morgan fingerprint density at radius 1 is 1.29 bits per heavy atom. The molecule has 1 N–H and O–H groups in total. The maximum Gasteiger partial charge on any atom is 0.0701 e. The molecule has 1 fully saturated rings. The van der Waals surface area contributed by atoms with E-state index in [2.05, 4.69) is 37.6 Å². The Hall–Kier alpha value is 0.1000. The second kappa shape index (κ2) is 7.52. The van der Waals surface area contributed by atoms with Crippen LogP contribution >= 0.6 is 27.3 Å². The number of hydrogen-bond donors (Lipinski definition) is 1. The van der Waals surface area contributed by atoms with Crippen molar-refractivity contribution in [2.75, 3.05) is 26.2 Å². The van der Waals surface area contributed by atoms with Gasteiger partial charge >= 0.3 is 0 Å². The molecular weight excluding hydrogens is 296 g/mol. The van der Waals surface area contributed by atoms with Crippen molar-refractivity contribution in [2.24, 2.45) is 0 Å². The second-order valence-electron chi connectivity index (χ2n) is 4.69. The van der Waals surface area contributed by atoms with Crippen LogP contribution in [-0.2, 0) is 6.54 Å². The third-order valence-electron chi connectivity index (χ3n) is 3.23. The van der Waals surface area contributed by atoms with Gasteiger partial charge in [-0.2, -0.15) is 0 Å². The minimum atomic E-state index is 1.00. The summed E-state index contributed by atoms with van der Waals surface area (Å²) in [6, 6.07) is 2.20. The van der Waals surface area contributed by atoms with Gasteiger partial charge in [-0.3, -0.25) is 0 Å². The summed E-state index contributed by atoms with van der Waals surface area (Å²) in [5.74, 6) is 0. The maximum atomic E-state index is 3.51. The van der Waals surface area contributed by atoms with E-state index in [1.54, 1.807) is 11.3 Å². The average Bonchev–Trinajstić information content (AvgIpc) is 2.76. The Balaban J connectivity index is 1.51. The molecule has 1 aromatic heterocycles. The quantitative estimate of drug-likeness (QED) is 0.808. The minimum Gasteiger partial charge on any atom is -0.313 e. The molecule has 96 valence electrons. The Morgan fingerprint density at radius 3 is 2.82 bits per heavy atom. The zero-order valence-corrected chi connectivity index (χ0v) is 12.7. The van der Waals surface area contributed by atoms with Crippen LogP contribution in [0.1, 0.15) is 31.2 Å². The van der Waals surface area contributed by atoms with Crippen molar-refractivity contribution >= 4 is 27.3 Å². The zero-order valence-electron chi connectivity index (χ0n) is 10.3. The van der Waals surface area contributed by atoms with E-state index in [0.29, 0.717) is 0 Å². The summed E-state index contributed by atoms with van der Waals surface area (Å²) in [6.07, 6.45) is 5.50. The van der Waals surface area contributed by atoms with Crippen LogP contribution in [-0.4, -0.2) is 31.1 Å². The highest BCUT2D eigenvalue weighted by Gasteiger charge is 2.08. The lowest BCUT2D eigenvalue weighted by Crippen LogP contribution is -2.32. The first-order chi connectivity index (χ1) is 8.34. The van der Waals surface area contributed by atoms with Gasteiger partial charge in [0, 0.05) is 6.54 Å². The van der Waals surface area contributed by atoms with Crippen LogP contribution in [0.25, 0.3) is 0 Å². The minimum absolute atomic E-state index is 1.00. The van der Waals surface area contributed by atoms with E-state index >= 15 is 0 Å². The molecule has 0 amide bonds. The van der Waals surface area contributed by atoms with E-state index in [-0.39, 0.29) is 0 Å². The van der Waals surface area contributed by atoms with Gasteiger partial charge in [0.15, 0.2) is 0 Å². The van der Waals surface area contributed by atoms with E-state index in [1.165, 1.54) is 54.7 Å². The van der Waals surface area contributed by atoms with E-state index in [4.69, 9.17) is 0 Å². The molecule has 2 rings (SSSR count). The molecule has 0 unspecified atom stereocenters. The summed E-state index contributed by atoms with van der Waals surface area (Å²) in [4.78, 5) is 2.60. The molecule has 0 saturated carbocycles. The number of likely N-dealkylation sites (tertiary alicyclic amines) is 1. The molecule has 4 heteroatoms. The van der Waals surface area contributed by atoms with Gasteiger partial charge in [0.2, 0.25) is 0 Å². The SMILES string of the molecule is Brc1cc(CNCCCN2CCCCC2)cs1. The van der Waals surface area contributed by atoms with Gasteiger partial charge < -0.3 is 10.2 Å². The van der Waals surface area contributed by atoms with Crippen molar-refractivity contribution in [3.8, 4) is 0 Å². The van der Waals surface area contributed by atoms with Crippen LogP contribution in [0.3, 0.4) is 0 Å². The van der Waals surface area contributed by atoms with Crippen molar-refractivity contribution in [1.29, 1.82) is 0 Å². The summed E-state index contributed by atoms with van der Waals surface area (Å²) in [5, 5.41) is 5.72. The lowest BCUT2D eigenvalue weighted by molar-refractivity contribution is 0.225. The monoisotopic (exact) mass is 316 g/mol. The van der Waals surface area contributed by atoms with Crippen LogP contribution in [0.15, 0.2) is 15.2 Å². The first-order valence-electron chi connectivity index (χ1n) is 6.50. The number of thiophene rings is 1. The lowest BCUT2D eigenvalue weighted by Gasteiger charge is -2.26. The van der Waals surface area contributed by atoms with Crippen molar-refractivity contribution in [1.82, 2.24) is 10.2 Å².